The van der Waals surface area contributed by atoms with Crippen molar-refractivity contribution in [3.8, 4) is 0 Å². The first-order valence-electron chi connectivity index (χ1n) is 7.42. The molecule has 2 aromatic heterocycles. The van der Waals surface area contributed by atoms with Crippen molar-refractivity contribution in [3.63, 3.8) is 0 Å². The molecule has 5 nitrogen and oxygen atoms in total. The summed E-state index contributed by atoms with van der Waals surface area (Å²) in [7, 11) is 0. The van der Waals surface area contributed by atoms with Crippen molar-refractivity contribution in [2.24, 2.45) is 5.92 Å². The molecule has 3 heterocycles. The van der Waals surface area contributed by atoms with E-state index in [9.17, 15) is 9.90 Å². The van der Waals surface area contributed by atoms with E-state index in [1.165, 1.54) is 11.3 Å². The highest BCUT2D eigenvalue weighted by Gasteiger charge is 2.28. The van der Waals surface area contributed by atoms with Gasteiger partial charge in [0, 0.05) is 29.7 Å². The van der Waals surface area contributed by atoms with Gasteiger partial charge in [-0.3, -0.25) is 14.1 Å². The van der Waals surface area contributed by atoms with Crippen LogP contribution in [0.3, 0.4) is 0 Å². The molecule has 3 rings (SSSR count). The molecular weight excluding hydrogens is 286 g/mol. The second kappa shape index (κ2) is 5.87. The van der Waals surface area contributed by atoms with E-state index in [1.54, 1.807) is 10.5 Å². The Bertz CT molecular complexity index is 694. The molecule has 0 saturated carbocycles. The van der Waals surface area contributed by atoms with Gasteiger partial charge in [0.25, 0.3) is 5.56 Å². The fourth-order valence-electron chi connectivity index (χ4n) is 3.22. The van der Waals surface area contributed by atoms with Gasteiger partial charge in [0.05, 0.1) is 12.3 Å². The van der Waals surface area contributed by atoms with E-state index >= 15 is 0 Å². The van der Waals surface area contributed by atoms with E-state index < -0.39 is 0 Å². The van der Waals surface area contributed by atoms with Crippen molar-refractivity contribution in [1.82, 2.24) is 14.3 Å². The molecule has 21 heavy (non-hydrogen) atoms. The Morgan fingerprint density at radius 1 is 1.52 bits per heavy atom. The summed E-state index contributed by atoms with van der Waals surface area (Å²) >= 11 is 1.50. The Labute approximate surface area is 127 Å². The summed E-state index contributed by atoms with van der Waals surface area (Å²) in [5, 5.41) is 11.6. The summed E-state index contributed by atoms with van der Waals surface area (Å²) in [6, 6.07) is 1.80. The Morgan fingerprint density at radius 3 is 3.10 bits per heavy atom. The lowest BCUT2D eigenvalue weighted by Gasteiger charge is -2.38. The second-order valence-electron chi connectivity index (χ2n) is 5.92. The van der Waals surface area contributed by atoms with Crippen LogP contribution in [-0.2, 0) is 6.54 Å². The zero-order valence-corrected chi connectivity index (χ0v) is 13.3. The van der Waals surface area contributed by atoms with Gasteiger partial charge >= 0.3 is 0 Å². The topological polar surface area (TPSA) is 57.8 Å². The van der Waals surface area contributed by atoms with E-state index in [0.717, 1.165) is 35.7 Å². The molecule has 2 unspecified atom stereocenters. The monoisotopic (exact) mass is 307 g/mol. The minimum Gasteiger partial charge on any atom is -0.395 e. The molecule has 1 aliphatic heterocycles. The lowest BCUT2D eigenvalue weighted by Crippen LogP contribution is -2.46. The van der Waals surface area contributed by atoms with Gasteiger partial charge in [-0.15, -0.1) is 11.3 Å². The Balaban J connectivity index is 1.89. The van der Waals surface area contributed by atoms with Crippen LogP contribution in [0.25, 0.3) is 4.96 Å². The second-order valence-corrected chi connectivity index (χ2v) is 6.76. The normalized spacial score (nSPS) is 23.8. The van der Waals surface area contributed by atoms with Gasteiger partial charge in [0.15, 0.2) is 4.96 Å². The average molecular weight is 307 g/mol. The number of aliphatic hydroxyl groups excluding tert-OH is 1. The molecule has 0 aliphatic carbocycles. The first-order valence-corrected chi connectivity index (χ1v) is 8.30. The van der Waals surface area contributed by atoms with Crippen molar-refractivity contribution < 1.29 is 5.11 Å². The molecule has 0 spiro atoms. The number of thiazole rings is 1. The molecule has 0 bridgehead atoms. The van der Waals surface area contributed by atoms with Gasteiger partial charge in [-0.25, -0.2) is 4.98 Å². The third-order valence-electron chi connectivity index (χ3n) is 4.41. The molecule has 6 heteroatoms. The zero-order chi connectivity index (χ0) is 15.0. The number of aromatic nitrogens is 2. The number of hydrogen-bond donors (Lipinski definition) is 1. The molecule has 1 fully saturated rings. The average Bonchev–Trinajstić information content (AvgIpc) is 2.81. The molecule has 1 N–H and O–H groups in total. The number of likely N-dealkylation sites (tertiary alicyclic amines) is 1. The lowest BCUT2D eigenvalue weighted by atomic mass is 9.91. The molecule has 0 amide bonds. The van der Waals surface area contributed by atoms with Crippen LogP contribution in [0.4, 0.5) is 0 Å². The van der Waals surface area contributed by atoms with Crippen LogP contribution < -0.4 is 5.56 Å². The highest BCUT2D eigenvalue weighted by molar-refractivity contribution is 7.15. The van der Waals surface area contributed by atoms with Crippen molar-refractivity contribution in [2.45, 2.75) is 39.3 Å². The van der Waals surface area contributed by atoms with Crippen LogP contribution in [0.2, 0.25) is 0 Å². The van der Waals surface area contributed by atoms with E-state index in [4.69, 9.17) is 0 Å². The van der Waals surface area contributed by atoms with E-state index in [2.05, 4.69) is 16.8 Å². The standard InChI is InChI=1S/C15H21N3O2S/c1-10-4-3-5-17(13(10)8-19)7-12-6-14(20)18-11(2)9-21-15(18)16-12/h6,9-10,13,19H,3-5,7-8H2,1-2H3. The summed E-state index contributed by atoms with van der Waals surface area (Å²) in [5.41, 5.74) is 1.72. The van der Waals surface area contributed by atoms with Gasteiger partial charge in [-0.05, 0) is 32.2 Å². The predicted molar refractivity (Wildman–Crippen MR) is 83.8 cm³/mol. The summed E-state index contributed by atoms with van der Waals surface area (Å²) in [5.74, 6) is 0.484. The number of hydrogen-bond acceptors (Lipinski definition) is 5. The zero-order valence-electron chi connectivity index (χ0n) is 12.5. The highest BCUT2D eigenvalue weighted by atomic mass is 32.1. The summed E-state index contributed by atoms with van der Waals surface area (Å²) in [4.78, 5) is 19.8. The van der Waals surface area contributed by atoms with Gasteiger partial charge in [0.2, 0.25) is 0 Å². The van der Waals surface area contributed by atoms with Crippen LogP contribution in [0.1, 0.15) is 31.2 Å². The first-order chi connectivity index (χ1) is 10.1. The van der Waals surface area contributed by atoms with Crippen molar-refractivity contribution in [2.75, 3.05) is 13.2 Å². The minimum absolute atomic E-state index is 0.0145. The summed E-state index contributed by atoms with van der Waals surface area (Å²) in [6.07, 6.45) is 2.29. The largest absolute Gasteiger partial charge is 0.395 e. The van der Waals surface area contributed by atoms with Gasteiger partial charge in [-0.1, -0.05) is 6.92 Å². The number of aliphatic hydroxyl groups is 1. The highest BCUT2D eigenvalue weighted by Crippen LogP contribution is 2.24. The Morgan fingerprint density at radius 2 is 2.33 bits per heavy atom. The summed E-state index contributed by atoms with van der Waals surface area (Å²) in [6.45, 7) is 5.86. The van der Waals surface area contributed by atoms with Crippen molar-refractivity contribution in [1.29, 1.82) is 0 Å². The smallest absolute Gasteiger partial charge is 0.259 e. The number of piperidine rings is 1. The maximum absolute atomic E-state index is 12.2. The van der Waals surface area contributed by atoms with Gasteiger partial charge in [0.1, 0.15) is 0 Å². The number of rotatable bonds is 3. The third-order valence-corrected chi connectivity index (χ3v) is 5.36. The van der Waals surface area contributed by atoms with Crippen molar-refractivity contribution >= 4 is 16.3 Å². The molecule has 114 valence electrons. The molecule has 1 aliphatic rings. The molecular formula is C15H21N3O2S. The van der Waals surface area contributed by atoms with Crippen LogP contribution >= 0.6 is 11.3 Å². The van der Waals surface area contributed by atoms with E-state index in [-0.39, 0.29) is 18.2 Å². The molecule has 0 radical (unpaired) electrons. The van der Waals surface area contributed by atoms with Gasteiger partial charge in [-0.2, -0.15) is 0 Å². The molecule has 2 atom stereocenters. The fraction of sp³-hybridized carbons (Fsp3) is 0.600. The number of fused-ring (bicyclic) bond motifs is 1. The van der Waals surface area contributed by atoms with Crippen molar-refractivity contribution in [3.05, 3.63) is 33.2 Å². The molecule has 1 saturated heterocycles. The Hall–Kier alpha value is -1.24. The van der Waals surface area contributed by atoms with Crippen LogP contribution in [0.15, 0.2) is 16.2 Å². The van der Waals surface area contributed by atoms with Crippen LogP contribution in [-0.4, -0.2) is 38.6 Å². The number of aryl methyl sites for hydroxylation is 1. The predicted octanol–water partition coefficient (Wildman–Crippen LogP) is 1.66. The molecule has 0 aromatic carbocycles. The number of nitrogens with zero attached hydrogens (tertiary/aromatic N) is 3. The van der Waals surface area contributed by atoms with Crippen LogP contribution in [0.5, 0.6) is 0 Å². The maximum Gasteiger partial charge on any atom is 0.259 e. The quantitative estimate of drug-likeness (QED) is 0.937. The first kappa shape index (κ1) is 14.7. The SMILES string of the molecule is Cc1csc2nc(CN3CCCC(C)C3CO)cc(=O)n12. The van der Waals surface area contributed by atoms with Gasteiger partial charge < -0.3 is 5.11 Å². The van der Waals surface area contributed by atoms with Crippen LogP contribution in [0, 0.1) is 12.8 Å². The maximum atomic E-state index is 12.2. The minimum atomic E-state index is -0.0145. The lowest BCUT2D eigenvalue weighted by molar-refractivity contribution is 0.0464. The van der Waals surface area contributed by atoms with E-state index in [1.807, 2.05) is 12.3 Å². The van der Waals surface area contributed by atoms with E-state index in [0.29, 0.717) is 12.5 Å². The fourth-order valence-corrected chi connectivity index (χ4v) is 4.11. The Kier molecular flexibility index (Phi) is 4.10. The molecule has 2 aromatic rings. The summed E-state index contributed by atoms with van der Waals surface area (Å²) < 4.78 is 1.65. The third kappa shape index (κ3) is 2.75.